The van der Waals surface area contributed by atoms with E-state index in [2.05, 4.69) is 12.2 Å². The molecule has 0 aliphatic heterocycles. The van der Waals surface area contributed by atoms with Gasteiger partial charge in [-0.25, -0.2) is 0 Å². The summed E-state index contributed by atoms with van der Waals surface area (Å²) in [5.74, 6) is 0.666. The van der Waals surface area contributed by atoms with Gasteiger partial charge < -0.3 is 5.32 Å². The Labute approximate surface area is 114 Å². The molecule has 1 fully saturated rings. The molecule has 0 saturated heterocycles. The van der Waals surface area contributed by atoms with Crippen molar-refractivity contribution in [2.24, 2.45) is 5.92 Å². The van der Waals surface area contributed by atoms with Crippen molar-refractivity contribution in [3.05, 3.63) is 39.9 Å². The Morgan fingerprint density at radius 2 is 2.05 bits per heavy atom. The molecule has 0 spiro atoms. The lowest BCUT2D eigenvalue weighted by molar-refractivity contribution is -0.385. The van der Waals surface area contributed by atoms with Crippen LogP contribution in [0.3, 0.4) is 0 Å². The molecule has 104 valence electrons. The number of nitrogens with one attached hydrogen (secondary N) is 1. The van der Waals surface area contributed by atoms with Crippen LogP contribution in [0.1, 0.15) is 38.2 Å². The zero-order valence-electron chi connectivity index (χ0n) is 11.5. The van der Waals surface area contributed by atoms with E-state index in [1.165, 1.54) is 25.7 Å². The molecule has 1 aliphatic rings. The lowest BCUT2D eigenvalue weighted by Crippen LogP contribution is -2.37. The van der Waals surface area contributed by atoms with Gasteiger partial charge in [0.05, 0.1) is 4.92 Å². The third-order valence-corrected chi connectivity index (χ3v) is 4.06. The molecule has 19 heavy (non-hydrogen) atoms. The molecule has 0 bridgehead atoms. The molecule has 0 radical (unpaired) electrons. The van der Waals surface area contributed by atoms with E-state index in [-0.39, 0.29) is 10.6 Å². The van der Waals surface area contributed by atoms with E-state index in [1.807, 2.05) is 12.1 Å². The summed E-state index contributed by atoms with van der Waals surface area (Å²) in [5, 5.41) is 14.6. The van der Waals surface area contributed by atoms with Crippen molar-refractivity contribution in [2.45, 2.75) is 45.1 Å². The standard InChI is InChI=1S/C15H22N2O2/c1-2-16-14(12-7-3-4-8-12)11-13-9-5-6-10-15(13)17(18)19/h5-6,9-10,12,14,16H,2-4,7-8,11H2,1H3. The molecule has 4 nitrogen and oxygen atoms in total. The average Bonchev–Trinajstić information content (AvgIpc) is 2.92. The van der Waals surface area contributed by atoms with Crippen LogP contribution >= 0.6 is 0 Å². The minimum atomic E-state index is -0.271. The second kappa shape index (κ2) is 6.66. The van der Waals surface area contributed by atoms with Gasteiger partial charge in [0.15, 0.2) is 0 Å². The van der Waals surface area contributed by atoms with Gasteiger partial charge in [-0.05, 0) is 31.7 Å². The first-order valence-electron chi connectivity index (χ1n) is 7.18. The molecular weight excluding hydrogens is 240 g/mol. The Bertz CT molecular complexity index is 428. The van der Waals surface area contributed by atoms with Crippen LogP contribution in [0.5, 0.6) is 0 Å². The Morgan fingerprint density at radius 1 is 1.37 bits per heavy atom. The smallest absolute Gasteiger partial charge is 0.272 e. The first-order chi connectivity index (χ1) is 9.22. The Balaban J connectivity index is 2.14. The summed E-state index contributed by atoms with van der Waals surface area (Å²) in [7, 11) is 0. The second-order valence-corrected chi connectivity index (χ2v) is 5.30. The molecular formula is C15H22N2O2. The number of nitrogens with zero attached hydrogens (tertiary/aromatic N) is 1. The zero-order chi connectivity index (χ0) is 13.7. The van der Waals surface area contributed by atoms with Gasteiger partial charge in [-0.15, -0.1) is 0 Å². The minimum Gasteiger partial charge on any atom is -0.314 e. The summed E-state index contributed by atoms with van der Waals surface area (Å²) in [6, 6.07) is 7.48. The highest BCUT2D eigenvalue weighted by atomic mass is 16.6. The largest absolute Gasteiger partial charge is 0.314 e. The minimum absolute atomic E-state index is 0.253. The van der Waals surface area contributed by atoms with Gasteiger partial charge in [0.2, 0.25) is 0 Å². The summed E-state index contributed by atoms with van der Waals surface area (Å²) >= 11 is 0. The van der Waals surface area contributed by atoms with E-state index < -0.39 is 0 Å². The third-order valence-electron chi connectivity index (χ3n) is 4.06. The maximum Gasteiger partial charge on any atom is 0.272 e. The van der Waals surface area contributed by atoms with Gasteiger partial charge in [-0.1, -0.05) is 38.0 Å². The molecule has 1 N–H and O–H groups in total. The molecule has 1 atom stereocenters. The Hall–Kier alpha value is -1.42. The van der Waals surface area contributed by atoms with Crippen LogP contribution in [-0.2, 0) is 6.42 Å². The maximum absolute atomic E-state index is 11.1. The molecule has 1 aliphatic carbocycles. The summed E-state index contributed by atoms with van der Waals surface area (Å²) in [6.45, 7) is 3.02. The summed E-state index contributed by atoms with van der Waals surface area (Å²) < 4.78 is 0. The highest BCUT2D eigenvalue weighted by Crippen LogP contribution is 2.30. The molecule has 1 aromatic rings. The predicted molar refractivity (Wildman–Crippen MR) is 76.2 cm³/mol. The van der Waals surface area contributed by atoms with Crippen LogP contribution in [0.4, 0.5) is 5.69 Å². The highest BCUT2D eigenvalue weighted by molar-refractivity contribution is 5.40. The summed E-state index contributed by atoms with van der Waals surface area (Å²) in [6.07, 6.45) is 5.85. The van der Waals surface area contributed by atoms with E-state index >= 15 is 0 Å². The maximum atomic E-state index is 11.1. The van der Waals surface area contributed by atoms with Crippen molar-refractivity contribution < 1.29 is 4.92 Å². The molecule has 0 aromatic heterocycles. The van der Waals surface area contributed by atoms with Gasteiger partial charge in [0.1, 0.15) is 0 Å². The number of rotatable bonds is 6. The summed E-state index contributed by atoms with van der Waals surface area (Å²) in [5.41, 5.74) is 1.11. The van der Waals surface area contributed by atoms with Gasteiger partial charge in [0, 0.05) is 17.7 Å². The SMILES string of the molecule is CCNC(Cc1ccccc1[N+](=O)[O-])C1CCCC1. The van der Waals surface area contributed by atoms with Crippen molar-refractivity contribution in [3.8, 4) is 0 Å². The van der Waals surface area contributed by atoms with E-state index in [0.717, 1.165) is 18.5 Å². The first-order valence-corrected chi connectivity index (χ1v) is 7.18. The van der Waals surface area contributed by atoms with E-state index in [4.69, 9.17) is 0 Å². The Morgan fingerprint density at radius 3 is 2.68 bits per heavy atom. The monoisotopic (exact) mass is 262 g/mol. The molecule has 2 rings (SSSR count). The van der Waals surface area contributed by atoms with Crippen LogP contribution in [0, 0.1) is 16.0 Å². The fraction of sp³-hybridized carbons (Fsp3) is 0.600. The fourth-order valence-electron chi connectivity index (χ4n) is 3.13. The topological polar surface area (TPSA) is 55.2 Å². The van der Waals surface area contributed by atoms with Crippen LogP contribution in [-0.4, -0.2) is 17.5 Å². The van der Waals surface area contributed by atoms with Crippen molar-refractivity contribution in [1.29, 1.82) is 0 Å². The average molecular weight is 262 g/mol. The molecule has 0 heterocycles. The van der Waals surface area contributed by atoms with E-state index in [9.17, 15) is 10.1 Å². The lowest BCUT2D eigenvalue weighted by Gasteiger charge is -2.24. The second-order valence-electron chi connectivity index (χ2n) is 5.30. The molecule has 1 aromatic carbocycles. The number of hydrogen-bond donors (Lipinski definition) is 1. The third kappa shape index (κ3) is 3.53. The fourth-order valence-corrected chi connectivity index (χ4v) is 3.13. The normalized spacial score (nSPS) is 17.5. The molecule has 1 unspecified atom stereocenters. The number of hydrogen-bond acceptors (Lipinski definition) is 3. The highest BCUT2D eigenvalue weighted by Gasteiger charge is 2.26. The van der Waals surface area contributed by atoms with E-state index in [0.29, 0.717) is 12.0 Å². The van der Waals surface area contributed by atoms with Crippen LogP contribution in [0.2, 0.25) is 0 Å². The lowest BCUT2D eigenvalue weighted by atomic mass is 9.91. The van der Waals surface area contributed by atoms with Gasteiger partial charge >= 0.3 is 0 Å². The predicted octanol–water partition coefficient (Wildman–Crippen LogP) is 3.31. The van der Waals surface area contributed by atoms with Gasteiger partial charge in [-0.2, -0.15) is 0 Å². The van der Waals surface area contributed by atoms with Crippen molar-refractivity contribution in [1.82, 2.24) is 5.32 Å². The number of nitro groups is 1. The van der Waals surface area contributed by atoms with Gasteiger partial charge in [-0.3, -0.25) is 10.1 Å². The van der Waals surface area contributed by atoms with Gasteiger partial charge in [0.25, 0.3) is 5.69 Å². The first kappa shape index (κ1) is 14.0. The van der Waals surface area contributed by atoms with Crippen LogP contribution in [0.25, 0.3) is 0 Å². The molecule has 0 amide bonds. The Kier molecular flexibility index (Phi) is 4.91. The van der Waals surface area contributed by atoms with Crippen molar-refractivity contribution in [2.75, 3.05) is 6.54 Å². The van der Waals surface area contributed by atoms with Crippen LogP contribution in [0.15, 0.2) is 24.3 Å². The van der Waals surface area contributed by atoms with E-state index in [1.54, 1.807) is 12.1 Å². The number of para-hydroxylation sites is 1. The number of benzene rings is 1. The zero-order valence-corrected chi connectivity index (χ0v) is 11.5. The van der Waals surface area contributed by atoms with Crippen molar-refractivity contribution in [3.63, 3.8) is 0 Å². The molecule has 4 heteroatoms. The quantitative estimate of drug-likeness (QED) is 0.632. The van der Waals surface area contributed by atoms with Crippen molar-refractivity contribution >= 4 is 5.69 Å². The molecule has 1 saturated carbocycles. The summed E-state index contributed by atoms with van der Waals surface area (Å²) in [4.78, 5) is 10.8. The number of likely N-dealkylation sites (N-methyl/N-ethyl adjacent to an activating group) is 1. The number of nitro benzene ring substituents is 1. The van der Waals surface area contributed by atoms with Crippen LogP contribution < -0.4 is 5.32 Å².